The fourth-order valence-corrected chi connectivity index (χ4v) is 2.64. The second-order valence-electron chi connectivity index (χ2n) is 5.54. The lowest BCUT2D eigenvalue weighted by molar-refractivity contribution is 0.208. The van der Waals surface area contributed by atoms with Gasteiger partial charge in [-0.15, -0.1) is 0 Å². The van der Waals surface area contributed by atoms with Crippen LogP contribution in [-0.4, -0.2) is 31.1 Å². The molecule has 0 aromatic heterocycles. The van der Waals surface area contributed by atoms with Crippen molar-refractivity contribution in [1.82, 2.24) is 4.90 Å². The minimum atomic E-state index is -0.132. The normalized spacial score (nSPS) is 19.8. The van der Waals surface area contributed by atoms with Crippen LogP contribution < -0.4 is 5.32 Å². The summed E-state index contributed by atoms with van der Waals surface area (Å²) in [6.07, 6.45) is 2.48. The molecule has 1 heterocycles. The van der Waals surface area contributed by atoms with E-state index in [0.717, 1.165) is 5.69 Å². The second kappa shape index (κ2) is 5.70. The Labute approximate surface area is 109 Å². The van der Waals surface area contributed by atoms with Gasteiger partial charge in [-0.1, -0.05) is 0 Å². The third kappa shape index (κ3) is 3.22. The summed E-state index contributed by atoms with van der Waals surface area (Å²) in [6, 6.07) is 5.71. The minimum absolute atomic E-state index is 0.132. The summed E-state index contributed by atoms with van der Waals surface area (Å²) in [5.74, 6) is 0.582. The SMILES string of the molecule is Cc1cc(NC(C)C2CCN(C)CC2)ccc1F. The summed E-state index contributed by atoms with van der Waals surface area (Å²) in [5, 5.41) is 3.51. The molecule has 0 saturated carbocycles. The lowest BCUT2D eigenvalue weighted by Crippen LogP contribution is -2.37. The van der Waals surface area contributed by atoms with Crippen LogP contribution in [0.2, 0.25) is 0 Å². The zero-order valence-corrected chi connectivity index (χ0v) is 11.5. The van der Waals surface area contributed by atoms with Crippen molar-refractivity contribution in [2.75, 3.05) is 25.5 Å². The van der Waals surface area contributed by atoms with Crippen molar-refractivity contribution in [1.29, 1.82) is 0 Å². The Kier molecular flexibility index (Phi) is 4.23. The van der Waals surface area contributed by atoms with Gasteiger partial charge < -0.3 is 10.2 Å². The van der Waals surface area contributed by atoms with Gasteiger partial charge in [0, 0.05) is 11.7 Å². The van der Waals surface area contributed by atoms with E-state index in [0.29, 0.717) is 17.5 Å². The maximum atomic E-state index is 13.2. The van der Waals surface area contributed by atoms with Crippen LogP contribution in [0.1, 0.15) is 25.3 Å². The fourth-order valence-electron chi connectivity index (χ4n) is 2.64. The van der Waals surface area contributed by atoms with Crippen LogP contribution in [0, 0.1) is 18.7 Å². The van der Waals surface area contributed by atoms with E-state index in [2.05, 4.69) is 24.2 Å². The van der Waals surface area contributed by atoms with Crippen LogP contribution >= 0.6 is 0 Å². The topological polar surface area (TPSA) is 15.3 Å². The van der Waals surface area contributed by atoms with Gasteiger partial charge in [-0.25, -0.2) is 4.39 Å². The zero-order chi connectivity index (χ0) is 13.1. The molecule has 1 saturated heterocycles. The van der Waals surface area contributed by atoms with E-state index in [4.69, 9.17) is 0 Å². The van der Waals surface area contributed by atoms with Gasteiger partial charge in [0.1, 0.15) is 5.82 Å². The van der Waals surface area contributed by atoms with Gasteiger partial charge in [-0.3, -0.25) is 0 Å². The van der Waals surface area contributed by atoms with Crippen molar-refractivity contribution in [3.63, 3.8) is 0 Å². The number of benzene rings is 1. The lowest BCUT2D eigenvalue weighted by Gasteiger charge is -2.33. The molecule has 1 fully saturated rings. The van der Waals surface area contributed by atoms with Crippen LogP contribution in [0.5, 0.6) is 0 Å². The Balaban J connectivity index is 1.94. The van der Waals surface area contributed by atoms with E-state index in [1.165, 1.54) is 25.9 Å². The van der Waals surface area contributed by atoms with Crippen molar-refractivity contribution >= 4 is 5.69 Å². The van der Waals surface area contributed by atoms with Gasteiger partial charge in [0.25, 0.3) is 0 Å². The molecule has 1 atom stereocenters. The third-order valence-corrected chi connectivity index (χ3v) is 4.02. The van der Waals surface area contributed by atoms with Crippen LogP contribution in [0.15, 0.2) is 18.2 Å². The highest BCUT2D eigenvalue weighted by atomic mass is 19.1. The van der Waals surface area contributed by atoms with Crippen molar-refractivity contribution < 1.29 is 4.39 Å². The van der Waals surface area contributed by atoms with Gasteiger partial charge in [0.15, 0.2) is 0 Å². The highest BCUT2D eigenvalue weighted by molar-refractivity contribution is 5.46. The van der Waals surface area contributed by atoms with Crippen LogP contribution in [0.3, 0.4) is 0 Å². The van der Waals surface area contributed by atoms with Gasteiger partial charge in [-0.2, -0.15) is 0 Å². The molecule has 0 bridgehead atoms. The van der Waals surface area contributed by atoms with E-state index in [-0.39, 0.29) is 5.82 Å². The Morgan fingerprint density at radius 1 is 1.33 bits per heavy atom. The molecule has 0 amide bonds. The molecule has 3 heteroatoms. The molecule has 1 aliphatic heterocycles. The van der Waals surface area contributed by atoms with Crippen molar-refractivity contribution in [3.8, 4) is 0 Å². The number of nitrogens with one attached hydrogen (secondary N) is 1. The second-order valence-corrected chi connectivity index (χ2v) is 5.54. The van der Waals surface area contributed by atoms with Gasteiger partial charge in [0.05, 0.1) is 0 Å². The number of halogens is 1. The van der Waals surface area contributed by atoms with Crippen LogP contribution in [0.4, 0.5) is 10.1 Å². The summed E-state index contributed by atoms with van der Waals surface area (Å²) in [4.78, 5) is 2.38. The molecule has 1 aromatic carbocycles. The molecule has 2 rings (SSSR count). The Morgan fingerprint density at radius 2 is 2.00 bits per heavy atom. The van der Waals surface area contributed by atoms with Gasteiger partial charge >= 0.3 is 0 Å². The van der Waals surface area contributed by atoms with E-state index < -0.39 is 0 Å². The molecular formula is C15H23FN2. The highest BCUT2D eigenvalue weighted by Gasteiger charge is 2.22. The highest BCUT2D eigenvalue weighted by Crippen LogP contribution is 2.23. The molecule has 18 heavy (non-hydrogen) atoms. The van der Waals surface area contributed by atoms with E-state index in [1.807, 2.05) is 12.1 Å². The molecule has 0 radical (unpaired) electrons. The third-order valence-electron chi connectivity index (χ3n) is 4.02. The summed E-state index contributed by atoms with van der Waals surface area (Å²) in [7, 11) is 2.18. The van der Waals surface area contributed by atoms with Gasteiger partial charge in [-0.05, 0) is 76.5 Å². The fraction of sp³-hybridized carbons (Fsp3) is 0.600. The Bertz CT molecular complexity index is 397. The average Bonchev–Trinajstić information content (AvgIpc) is 2.34. The molecule has 0 aliphatic carbocycles. The molecule has 0 spiro atoms. The zero-order valence-electron chi connectivity index (χ0n) is 11.5. The van der Waals surface area contributed by atoms with E-state index in [9.17, 15) is 4.39 Å². The monoisotopic (exact) mass is 250 g/mol. The van der Waals surface area contributed by atoms with Gasteiger partial charge in [0.2, 0.25) is 0 Å². The predicted molar refractivity (Wildman–Crippen MR) is 74.4 cm³/mol. The average molecular weight is 250 g/mol. The van der Waals surface area contributed by atoms with Crippen LogP contribution in [-0.2, 0) is 0 Å². The molecule has 100 valence electrons. The number of piperidine rings is 1. The standard InChI is InChI=1S/C15H23FN2/c1-11-10-14(4-5-15(11)16)17-12(2)13-6-8-18(3)9-7-13/h4-5,10,12-13,17H,6-9H2,1-3H3. The van der Waals surface area contributed by atoms with E-state index in [1.54, 1.807) is 13.0 Å². The predicted octanol–water partition coefficient (Wildman–Crippen LogP) is 3.28. The quantitative estimate of drug-likeness (QED) is 0.885. The Hall–Kier alpha value is -1.09. The van der Waals surface area contributed by atoms with E-state index >= 15 is 0 Å². The molecule has 1 N–H and O–H groups in total. The number of nitrogens with zero attached hydrogens (tertiary/aromatic N) is 1. The first-order valence-electron chi connectivity index (χ1n) is 6.77. The number of anilines is 1. The van der Waals surface area contributed by atoms with Crippen LogP contribution in [0.25, 0.3) is 0 Å². The van der Waals surface area contributed by atoms with Crippen molar-refractivity contribution in [2.24, 2.45) is 5.92 Å². The minimum Gasteiger partial charge on any atom is -0.382 e. The first-order chi connectivity index (χ1) is 8.56. The molecule has 1 unspecified atom stereocenters. The number of aryl methyl sites for hydroxylation is 1. The Morgan fingerprint density at radius 3 is 2.61 bits per heavy atom. The summed E-state index contributed by atoms with van der Waals surface area (Å²) >= 11 is 0. The van der Waals surface area contributed by atoms with Crippen molar-refractivity contribution in [2.45, 2.75) is 32.7 Å². The van der Waals surface area contributed by atoms with Crippen molar-refractivity contribution in [3.05, 3.63) is 29.6 Å². The first-order valence-corrected chi connectivity index (χ1v) is 6.77. The number of hydrogen-bond donors (Lipinski definition) is 1. The summed E-state index contributed by atoms with van der Waals surface area (Å²) in [6.45, 7) is 6.40. The molecular weight excluding hydrogens is 227 g/mol. The number of hydrogen-bond acceptors (Lipinski definition) is 2. The maximum Gasteiger partial charge on any atom is 0.126 e. The maximum absolute atomic E-state index is 13.2. The number of rotatable bonds is 3. The lowest BCUT2D eigenvalue weighted by atomic mass is 9.90. The molecule has 1 aliphatic rings. The molecule has 1 aromatic rings. The smallest absolute Gasteiger partial charge is 0.126 e. The first kappa shape index (κ1) is 13.3. The molecule has 2 nitrogen and oxygen atoms in total. The number of likely N-dealkylation sites (tertiary alicyclic amines) is 1. The summed E-state index contributed by atoms with van der Waals surface area (Å²) in [5.41, 5.74) is 1.73. The summed E-state index contributed by atoms with van der Waals surface area (Å²) < 4.78 is 13.2. The largest absolute Gasteiger partial charge is 0.382 e.